The molecule has 2 aromatic rings. The second-order valence-corrected chi connectivity index (χ2v) is 5.46. The fourth-order valence-electron chi connectivity index (χ4n) is 2.95. The highest BCUT2D eigenvalue weighted by Crippen LogP contribution is 2.27. The van der Waals surface area contributed by atoms with E-state index in [2.05, 4.69) is 28.9 Å². The predicted octanol–water partition coefficient (Wildman–Crippen LogP) is 3.20. The van der Waals surface area contributed by atoms with Gasteiger partial charge in [-0.05, 0) is 62.2 Å². The Hall–Kier alpha value is -1.87. The first-order valence-corrected chi connectivity index (χ1v) is 7.28. The molecule has 0 amide bonds. The van der Waals surface area contributed by atoms with Crippen molar-refractivity contribution in [1.82, 2.24) is 9.88 Å². The van der Waals surface area contributed by atoms with Crippen LogP contribution in [0.2, 0.25) is 0 Å². The molecule has 0 unspecified atom stereocenters. The van der Waals surface area contributed by atoms with Gasteiger partial charge in [0.05, 0.1) is 0 Å². The van der Waals surface area contributed by atoms with Crippen LogP contribution in [-0.2, 0) is 0 Å². The minimum absolute atomic E-state index is 0.0292. The zero-order valence-electron chi connectivity index (χ0n) is 11.8. The highest BCUT2D eigenvalue weighted by atomic mass is 16.1. The average Bonchev–Trinajstić information content (AvgIpc) is 3.01. The minimum Gasteiger partial charge on any atom is -0.329 e. The lowest BCUT2D eigenvalue weighted by atomic mass is 10.0. The summed E-state index contributed by atoms with van der Waals surface area (Å²) in [6, 6.07) is 12.5. The lowest BCUT2D eigenvalue weighted by Gasteiger charge is -2.24. The number of nitrogens with one attached hydrogen (secondary N) is 1. The van der Waals surface area contributed by atoms with Crippen LogP contribution in [0.4, 0.5) is 0 Å². The van der Waals surface area contributed by atoms with Crippen molar-refractivity contribution in [2.75, 3.05) is 13.1 Å². The van der Waals surface area contributed by atoms with Gasteiger partial charge in [0, 0.05) is 17.8 Å². The number of rotatable bonds is 3. The van der Waals surface area contributed by atoms with E-state index in [1.807, 2.05) is 24.3 Å². The van der Waals surface area contributed by atoms with Crippen LogP contribution in [0.15, 0.2) is 47.4 Å². The van der Waals surface area contributed by atoms with Crippen LogP contribution in [0, 0.1) is 0 Å². The molecule has 0 saturated carbocycles. The van der Waals surface area contributed by atoms with Gasteiger partial charge >= 0.3 is 0 Å². The molecule has 0 radical (unpaired) electrons. The molecule has 1 fully saturated rings. The molecule has 3 rings (SSSR count). The van der Waals surface area contributed by atoms with Crippen molar-refractivity contribution in [2.45, 2.75) is 25.8 Å². The third kappa shape index (κ3) is 2.54. The van der Waals surface area contributed by atoms with Gasteiger partial charge in [-0.2, -0.15) is 0 Å². The van der Waals surface area contributed by atoms with Gasteiger partial charge in [0.25, 0.3) is 5.56 Å². The first kappa shape index (κ1) is 13.1. The van der Waals surface area contributed by atoms with Crippen molar-refractivity contribution >= 4 is 0 Å². The number of H-pyrrole nitrogens is 1. The van der Waals surface area contributed by atoms with Crippen LogP contribution < -0.4 is 5.56 Å². The normalized spacial score (nSPS) is 17.2. The predicted molar refractivity (Wildman–Crippen MR) is 81.7 cm³/mol. The van der Waals surface area contributed by atoms with Gasteiger partial charge in [0.2, 0.25) is 0 Å². The Morgan fingerprint density at radius 3 is 2.70 bits per heavy atom. The zero-order chi connectivity index (χ0) is 13.9. The maximum atomic E-state index is 11.9. The zero-order valence-corrected chi connectivity index (χ0v) is 11.8. The fraction of sp³-hybridized carbons (Fsp3) is 0.353. The van der Waals surface area contributed by atoms with Crippen LogP contribution in [0.1, 0.15) is 31.4 Å². The molecule has 104 valence electrons. The maximum Gasteiger partial charge on any atom is 0.255 e. The molecule has 1 aromatic carbocycles. The summed E-state index contributed by atoms with van der Waals surface area (Å²) in [6.07, 6.45) is 4.26. The third-order valence-electron chi connectivity index (χ3n) is 4.19. The van der Waals surface area contributed by atoms with Gasteiger partial charge in [0.1, 0.15) is 0 Å². The van der Waals surface area contributed by atoms with Gasteiger partial charge in [-0.25, -0.2) is 0 Å². The molecule has 2 heterocycles. The second-order valence-electron chi connectivity index (χ2n) is 5.46. The Morgan fingerprint density at radius 2 is 1.95 bits per heavy atom. The van der Waals surface area contributed by atoms with Crippen molar-refractivity contribution < 1.29 is 0 Å². The molecular weight excluding hydrogens is 248 g/mol. The summed E-state index contributed by atoms with van der Waals surface area (Å²) in [6.45, 7) is 4.61. The summed E-state index contributed by atoms with van der Waals surface area (Å²) >= 11 is 0. The molecule has 3 heteroatoms. The number of nitrogens with zero attached hydrogens (tertiary/aromatic N) is 1. The summed E-state index contributed by atoms with van der Waals surface area (Å²) in [5.74, 6) is 0. The second kappa shape index (κ2) is 5.63. The summed E-state index contributed by atoms with van der Waals surface area (Å²) < 4.78 is 0. The van der Waals surface area contributed by atoms with Crippen LogP contribution in [0.3, 0.4) is 0 Å². The quantitative estimate of drug-likeness (QED) is 0.928. The highest BCUT2D eigenvalue weighted by Gasteiger charge is 2.19. The summed E-state index contributed by atoms with van der Waals surface area (Å²) in [5.41, 5.74) is 2.99. The fourth-order valence-corrected chi connectivity index (χ4v) is 2.95. The smallest absolute Gasteiger partial charge is 0.255 e. The van der Waals surface area contributed by atoms with Crippen molar-refractivity contribution in [3.05, 3.63) is 58.5 Å². The Balaban J connectivity index is 1.93. The van der Waals surface area contributed by atoms with Gasteiger partial charge in [0.15, 0.2) is 0 Å². The van der Waals surface area contributed by atoms with E-state index in [0.717, 1.165) is 11.1 Å². The van der Waals surface area contributed by atoms with E-state index in [9.17, 15) is 4.79 Å². The number of hydrogen-bond donors (Lipinski definition) is 1. The van der Waals surface area contributed by atoms with Gasteiger partial charge in [-0.1, -0.05) is 18.2 Å². The molecule has 1 atom stereocenters. The van der Waals surface area contributed by atoms with Crippen LogP contribution >= 0.6 is 0 Å². The maximum absolute atomic E-state index is 11.9. The molecule has 1 aliphatic rings. The molecule has 1 N–H and O–H groups in total. The highest BCUT2D eigenvalue weighted by molar-refractivity contribution is 5.63. The van der Waals surface area contributed by atoms with E-state index in [0.29, 0.717) is 6.04 Å². The molecule has 1 aromatic heterocycles. The van der Waals surface area contributed by atoms with E-state index in [-0.39, 0.29) is 5.56 Å². The molecule has 1 aliphatic heterocycles. The monoisotopic (exact) mass is 268 g/mol. The van der Waals surface area contributed by atoms with Crippen molar-refractivity contribution in [3.63, 3.8) is 0 Å². The number of benzene rings is 1. The Kier molecular flexibility index (Phi) is 3.70. The summed E-state index contributed by atoms with van der Waals surface area (Å²) in [5, 5.41) is 0. The number of likely N-dealkylation sites (tertiary alicyclic amines) is 1. The van der Waals surface area contributed by atoms with E-state index in [1.165, 1.54) is 31.5 Å². The van der Waals surface area contributed by atoms with Crippen molar-refractivity contribution in [1.29, 1.82) is 0 Å². The lowest BCUT2D eigenvalue weighted by Crippen LogP contribution is -2.23. The molecule has 0 spiro atoms. The van der Waals surface area contributed by atoms with E-state index in [1.54, 1.807) is 6.20 Å². The largest absolute Gasteiger partial charge is 0.329 e. The Bertz CT molecular complexity index is 641. The SMILES string of the molecule is C[C@@H](c1cccc(-c2ccc[nH]c2=O)c1)N1CCCC1. The van der Waals surface area contributed by atoms with Crippen molar-refractivity contribution in [3.8, 4) is 11.1 Å². The van der Waals surface area contributed by atoms with E-state index < -0.39 is 0 Å². The molecule has 20 heavy (non-hydrogen) atoms. The number of hydrogen-bond acceptors (Lipinski definition) is 2. The first-order valence-electron chi connectivity index (χ1n) is 7.28. The molecule has 0 aliphatic carbocycles. The van der Waals surface area contributed by atoms with Gasteiger partial charge in [-0.15, -0.1) is 0 Å². The molecule has 0 bridgehead atoms. The van der Waals surface area contributed by atoms with E-state index >= 15 is 0 Å². The molecule has 1 saturated heterocycles. The third-order valence-corrected chi connectivity index (χ3v) is 4.19. The topological polar surface area (TPSA) is 36.1 Å². The minimum atomic E-state index is -0.0292. The number of aromatic amines is 1. The van der Waals surface area contributed by atoms with Gasteiger partial charge in [-0.3, -0.25) is 9.69 Å². The lowest BCUT2D eigenvalue weighted by molar-refractivity contribution is 0.263. The standard InChI is InChI=1S/C17H20N2O/c1-13(19-10-2-3-11-19)14-6-4-7-15(12-14)16-8-5-9-18-17(16)20/h4-9,12-13H,2-3,10-11H2,1H3,(H,18,20)/t13-/m0/s1. The Morgan fingerprint density at radius 1 is 1.15 bits per heavy atom. The number of aromatic nitrogens is 1. The molecule has 3 nitrogen and oxygen atoms in total. The average molecular weight is 268 g/mol. The summed E-state index contributed by atoms with van der Waals surface area (Å²) in [4.78, 5) is 17.1. The van der Waals surface area contributed by atoms with Gasteiger partial charge < -0.3 is 4.98 Å². The van der Waals surface area contributed by atoms with Crippen LogP contribution in [0.25, 0.3) is 11.1 Å². The van der Waals surface area contributed by atoms with Crippen LogP contribution in [0.5, 0.6) is 0 Å². The Labute approximate surface area is 119 Å². The van der Waals surface area contributed by atoms with Crippen LogP contribution in [-0.4, -0.2) is 23.0 Å². The first-order chi connectivity index (χ1) is 9.75. The number of pyridine rings is 1. The summed E-state index contributed by atoms with van der Waals surface area (Å²) in [7, 11) is 0. The van der Waals surface area contributed by atoms with Crippen molar-refractivity contribution in [2.24, 2.45) is 0 Å². The van der Waals surface area contributed by atoms with E-state index in [4.69, 9.17) is 0 Å². The molecular formula is C17H20N2O.